The van der Waals surface area contributed by atoms with E-state index in [1.54, 1.807) is 31.2 Å². The highest BCUT2D eigenvalue weighted by molar-refractivity contribution is 5.87. The number of aromatic nitrogens is 1. The number of hydrogen-bond acceptors (Lipinski definition) is 4. The minimum atomic E-state index is -0.770. The molecule has 0 radical (unpaired) electrons. The molecule has 1 heterocycles. The van der Waals surface area contributed by atoms with Gasteiger partial charge in [-0.1, -0.05) is 12.1 Å². The van der Waals surface area contributed by atoms with Crippen molar-refractivity contribution < 1.29 is 19.4 Å². The Labute approximate surface area is 91.6 Å². The minimum absolute atomic E-state index is 0.108. The fourth-order valence-electron chi connectivity index (χ4n) is 1.41. The Morgan fingerprint density at radius 2 is 2.31 bits per heavy atom. The van der Waals surface area contributed by atoms with Crippen LogP contribution >= 0.6 is 0 Å². The maximum atomic E-state index is 11.0. The number of nitrogens with one attached hydrogen (secondary N) is 1. The summed E-state index contributed by atoms with van der Waals surface area (Å²) in [5, 5.41) is 10.3. The fourth-order valence-corrected chi connectivity index (χ4v) is 1.41. The number of hydrogen-bond donors (Lipinski definition) is 2. The Balaban J connectivity index is 2.26. The Morgan fingerprint density at radius 1 is 1.50 bits per heavy atom. The van der Waals surface area contributed by atoms with Crippen LogP contribution < -0.4 is 4.74 Å². The molecule has 0 aliphatic rings. The molecule has 0 aliphatic heterocycles. The van der Waals surface area contributed by atoms with Crippen molar-refractivity contribution in [3.63, 3.8) is 0 Å². The third-order valence-electron chi connectivity index (χ3n) is 2.06. The van der Waals surface area contributed by atoms with Gasteiger partial charge in [0.05, 0.1) is 12.1 Å². The molecule has 1 aromatic heterocycles. The summed E-state index contributed by atoms with van der Waals surface area (Å²) in [5.41, 5.74) is 0.529. The Bertz CT molecular complexity index is 518. The SMILES string of the molecule is CCOC(=O)Oc1cc2cccc(O)c2[nH]1. The molecule has 0 aliphatic carbocycles. The van der Waals surface area contributed by atoms with E-state index in [1.807, 2.05) is 0 Å². The van der Waals surface area contributed by atoms with Gasteiger partial charge in [-0.25, -0.2) is 4.79 Å². The number of rotatable bonds is 2. The van der Waals surface area contributed by atoms with Gasteiger partial charge >= 0.3 is 6.16 Å². The van der Waals surface area contributed by atoms with E-state index in [1.165, 1.54) is 0 Å². The molecule has 2 rings (SSSR count). The Kier molecular flexibility index (Phi) is 2.68. The molecule has 16 heavy (non-hydrogen) atoms. The standard InChI is InChI=1S/C11H11NO4/c1-2-15-11(14)16-9-6-7-4-3-5-8(13)10(7)12-9/h3-6,12-13H,2H2,1H3. The average molecular weight is 221 g/mol. The highest BCUT2D eigenvalue weighted by Gasteiger charge is 2.09. The van der Waals surface area contributed by atoms with E-state index in [9.17, 15) is 9.90 Å². The molecular formula is C11H11NO4. The van der Waals surface area contributed by atoms with Crippen LogP contribution in [0.5, 0.6) is 11.6 Å². The van der Waals surface area contributed by atoms with Crippen LogP contribution in [-0.4, -0.2) is 22.9 Å². The van der Waals surface area contributed by atoms with Crippen LogP contribution in [0.1, 0.15) is 6.92 Å². The van der Waals surface area contributed by atoms with E-state index < -0.39 is 6.16 Å². The topological polar surface area (TPSA) is 71.6 Å². The number of carbonyl (C=O) groups excluding carboxylic acids is 1. The van der Waals surface area contributed by atoms with Gasteiger partial charge in [0.25, 0.3) is 0 Å². The highest BCUT2D eigenvalue weighted by Crippen LogP contribution is 2.27. The van der Waals surface area contributed by atoms with Gasteiger partial charge in [-0.2, -0.15) is 0 Å². The Morgan fingerprint density at radius 3 is 3.00 bits per heavy atom. The number of phenolic OH excluding ortho intramolecular Hbond substituents is 1. The van der Waals surface area contributed by atoms with Crippen LogP contribution in [0.3, 0.4) is 0 Å². The summed E-state index contributed by atoms with van der Waals surface area (Å²) in [6.07, 6.45) is -0.770. The monoisotopic (exact) mass is 221 g/mol. The highest BCUT2D eigenvalue weighted by atomic mass is 16.7. The molecule has 5 heteroatoms. The molecule has 2 aromatic rings. The van der Waals surface area contributed by atoms with E-state index >= 15 is 0 Å². The van der Waals surface area contributed by atoms with Crippen LogP contribution in [0.25, 0.3) is 10.9 Å². The zero-order valence-electron chi connectivity index (χ0n) is 8.69. The zero-order chi connectivity index (χ0) is 11.5. The minimum Gasteiger partial charge on any atom is -0.506 e. The first-order valence-corrected chi connectivity index (χ1v) is 4.86. The summed E-state index contributed by atoms with van der Waals surface area (Å²) in [4.78, 5) is 13.8. The molecule has 0 unspecified atom stereocenters. The van der Waals surface area contributed by atoms with Gasteiger partial charge in [0.2, 0.25) is 5.88 Å². The predicted octanol–water partition coefficient (Wildman–Crippen LogP) is 2.41. The van der Waals surface area contributed by atoms with Crippen molar-refractivity contribution >= 4 is 17.1 Å². The lowest BCUT2D eigenvalue weighted by Gasteiger charge is -2.00. The van der Waals surface area contributed by atoms with E-state index in [2.05, 4.69) is 9.72 Å². The molecular weight excluding hydrogens is 210 g/mol. The van der Waals surface area contributed by atoms with Crippen LogP contribution in [0.2, 0.25) is 0 Å². The number of carbonyl (C=O) groups is 1. The number of aromatic hydroxyl groups is 1. The first-order valence-electron chi connectivity index (χ1n) is 4.86. The maximum absolute atomic E-state index is 11.0. The molecule has 5 nitrogen and oxygen atoms in total. The largest absolute Gasteiger partial charge is 0.515 e. The van der Waals surface area contributed by atoms with Crippen molar-refractivity contribution in [2.75, 3.05) is 6.61 Å². The summed E-state index contributed by atoms with van der Waals surface area (Å²) < 4.78 is 9.50. The maximum Gasteiger partial charge on any atom is 0.515 e. The zero-order valence-corrected chi connectivity index (χ0v) is 8.69. The second-order valence-corrected chi connectivity index (χ2v) is 3.16. The van der Waals surface area contributed by atoms with Gasteiger partial charge in [0.15, 0.2) is 0 Å². The lowest BCUT2D eigenvalue weighted by molar-refractivity contribution is 0.103. The molecule has 0 spiro atoms. The number of para-hydroxylation sites is 1. The van der Waals surface area contributed by atoms with Crippen molar-refractivity contribution in [2.45, 2.75) is 6.92 Å². The summed E-state index contributed by atoms with van der Waals surface area (Å²) in [6.45, 7) is 1.95. The first-order chi connectivity index (χ1) is 7.70. The van der Waals surface area contributed by atoms with Crippen molar-refractivity contribution in [2.24, 2.45) is 0 Å². The summed E-state index contributed by atoms with van der Waals surface area (Å²) in [6, 6.07) is 6.67. The molecule has 0 amide bonds. The molecule has 2 N–H and O–H groups in total. The predicted molar refractivity (Wildman–Crippen MR) is 57.6 cm³/mol. The quantitative estimate of drug-likeness (QED) is 0.764. The summed E-state index contributed by atoms with van der Waals surface area (Å²) >= 11 is 0. The van der Waals surface area contributed by atoms with Gasteiger partial charge < -0.3 is 19.6 Å². The number of benzene rings is 1. The fraction of sp³-hybridized carbons (Fsp3) is 0.182. The van der Waals surface area contributed by atoms with E-state index in [-0.39, 0.29) is 18.2 Å². The van der Waals surface area contributed by atoms with E-state index in [0.717, 1.165) is 5.39 Å². The molecule has 0 saturated carbocycles. The van der Waals surface area contributed by atoms with Gasteiger partial charge in [-0.3, -0.25) is 0 Å². The Hall–Kier alpha value is -2.17. The molecule has 0 atom stereocenters. The second-order valence-electron chi connectivity index (χ2n) is 3.16. The van der Waals surface area contributed by atoms with E-state index in [4.69, 9.17) is 4.74 Å². The molecule has 0 bridgehead atoms. The molecule has 84 valence electrons. The third kappa shape index (κ3) is 1.93. The summed E-state index contributed by atoms with van der Waals surface area (Å²) in [5.74, 6) is 0.353. The lowest BCUT2D eigenvalue weighted by Crippen LogP contribution is -2.09. The van der Waals surface area contributed by atoms with Crippen LogP contribution in [0.4, 0.5) is 4.79 Å². The molecule has 0 fully saturated rings. The number of aromatic amines is 1. The number of H-pyrrole nitrogens is 1. The van der Waals surface area contributed by atoms with Crippen molar-refractivity contribution in [1.82, 2.24) is 4.98 Å². The van der Waals surface area contributed by atoms with Crippen LogP contribution in [0, 0.1) is 0 Å². The summed E-state index contributed by atoms with van der Waals surface area (Å²) in [7, 11) is 0. The van der Waals surface area contributed by atoms with Gasteiger partial charge in [0.1, 0.15) is 5.75 Å². The van der Waals surface area contributed by atoms with Crippen LogP contribution in [0.15, 0.2) is 24.3 Å². The van der Waals surface area contributed by atoms with Crippen molar-refractivity contribution in [3.05, 3.63) is 24.3 Å². The third-order valence-corrected chi connectivity index (χ3v) is 2.06. The van der Waals surface area contributed by atoms with Gasteiger partial charge in [0, 0.05) is 11.5 Å². The van der Waals surface area contributed by atoms with Crippen molar-refractivity contribution in [1.29, 1.82) is 0 Å². The number of fused-ring (bicyclic) bond motifs is 1. The lowest BCUT2D eigenvalue weighted by atomic mass is 10.2. The normalized spacial score (nSPS) is 10.3. The number of ether oxygens (including phenoxy) is 2. The van der Waals surface area contributed by atoms with Gasteiger partial charge in [-0.05, 0) is 13.0 Å². The van der Waals surface area contributed by atoms with E-state index in [0.29, 0.717) is 5.52 Å². The first kappa shape index (κ1) is 10.4. The van der Waals surface area contributed by atoms with Gasteiger partial charge in [-0.15, -0.1) is 0 Å². The second kappa shape index (κ2) is 4.14. The number of phenols is 1. The molecule has 0 saturated heterocycles. The molecule has 1 aromatic carbocycles. The average Bonchev–Trinajstić information content (AvgIpc) is 2.62. The van der Waals surface area contributed by atoms with Crippen molar-refractivity contribution in [3.8, 4) is 11.6 Å². The smallest absolute Gasteiger partial charge is 0.506 e. The van der Waals surface area contributed by atoms with Crippen LogP contribution in [-0.2, 0) is 4.74 Å².